The second kappa shape index (κ2) is 17.6. The fourth-order valence-corrected chi connectivity index (χ4v) is 5.67. The van der Waals surface area contributed by atoms with Crippen LogP contribution in [0.2, 0.25) is 0 Å². The summed E-state index contributed by atoms with van der Waals surface area (Å²) >= 11 is 0. The topological polar surface area (TPSA) is 137 Å². The first-order valence-electron chi connectivity index (χ1n) is 17.3. The number of para-hydroxylation sites is 2. The summed E-state index contributed by atoms with van der Waals surface area (Å²) < 4.78 is 21.9. The van der Waals surface area contributed by atoms with Crippen molar-refractivity contribution in [1.29, 1.82) is 0 Å². The van der Waals surface area contributed by atoms with E-state index in [2.05, 4.69) is 41.4 Å². The Morgan fingerprint density at radius 2 is 0.870 bits per heavy atom. The van der Waals surface area contributed by atoms with Gasteiger partial charge in [0.15, 0.2) is 11.6 Å². The number of benzene rings is 4. The number of hydrogen-bond donors (Lipinski definition) is 2. The van der Waals surface area contributed by atoms with Crippen LogP contribution in [0.3, 0.4) is 0 Å². The molecule has 274 valence electrons. The summed E-state index contributed by atoms with van der Waals surface area (Å²) in [7, 11) is 6.61. The van der Waals surface area contributed by atoms with Crippen LogP contribution < -0.4 is 29.8 Å². The first-order valence-corrected chi connectivity index (χ1v) is 17.3. The molecule has 0 radical (unpaired) electrons. The van der Waals surface area contributed by atoms with Crippen LogP contribution >= 0.6 is 0 Å². The number of ether oxygens (including phenoxy) is 4. The molecule has 0 aliphatic heterocycles. The van der Waals surface area contributed by atoms with Crippen LogP contribution in [0.25, 0.3) is 22.5 Å². The maximum Gasteiger partial charge on any atom is 0.172 e. The van der Waals surface area contributed by atoms with Crippen molar-refractivity contribution in [3.63, 3.8) is 0 Å². The molecule has 0 aliphatic rings. The number of nitrogens with zero attached hydrogens (tertiary/aromatic N) is 6. The molecule has 0 bridgehead atoms. The average Bonchev–Trinajstić information content (AvgIpc) is 3.22. The lowest BCUT2D eigenvalue weighted by Gasteiger charge is -2.13. The monoisotopic (exact) mass is 722 g/mol. The Bertz CT molecular complexity index is 2100. The maximum absolute atomic E-state index is 5.64. The van der Waals surface area contributed by atoms with Gasteiger partial charge in [0.1, 0.15) is 23.0 Å². The third kappa shape index (κ3) is 8.96. The second-order valence-electron chi connectivity index (χ2n) is 12.3. The van der Waals surface area contributed by atoms with E-state index < -0.39 is 0 Å². The number of nitrogens with one attached hydrogen (secondary N) is 2. The molecular formula is C42H42N8O4. The largest absolute Gasteiger partial charge is 0.497 e. The number of methoxy groups -OCH3 is 4. The van der Waals surface area contributed by atoms with Gasteiger partial charge in [0, 0.05) is 35.1 Å². The lowest BCUT2D eigenvalue weighted by Crippen LogP contribution is -2.13. The Morgan fingerprint density at radius 1 is 0.481 bits per heavy atom. The molecule has 0 fully saturated rings. The van der Waals surface area contributed by atoms with E-state index >= 15 is 0 Å². The van der Waals surface area contributed by atoms with Gasteiger partial charge < -0.3 is 18.9 Å². The third-order valence-corrected chi connectivity index (χ3v) is 8.85. The zero-order valence-corrected chi connectivity index (χ0v) is 31.1. The molecule has 12 nitrogen and oxygen atoms in total. The molecule has 0 spiro atoms. The SMILES string of the molecule is COc1ccc(-c2cc(Cc3ccccc3OC)c(N/N=C(C)\C(C)=N/Nc3nnc(-c4ccc(OC)cc4)cc3Cc3ccccc3OC)nn2)cc1. The Kier molecular flexibility index (Phi) is 12.0. The minimum atomic E-state index is 0.511. The third-order valence-electron chi connectivity index (χ3n) is 8.85. The summed E-state index contributed by atoms with van der Waals surface area (Å²) in [5.41, 5.74) is 14.6. The molecule has 6 aromatic rings. The highest BCUT2D eigenvalue weighted by Crippen LogP contribution is 2.30. The number of anilines is 2. The molecule has 0 unspecified atom stereocenters. The molecule has 4 aromatic carbocycles. The van der Waals surface area contributed by atoms with Crippen molar-refractivity contribution in [3.05, 3.63) is 131 Å². The van der Waals surface area contributed by atoms with E-state index in [4.69, 9.17) is 18.9 Å². The molecule has 0 amide bonds. The molecule has 0 aliphatic carbocycles. The van der Waals surface area contributed by atoms with Crippen molar-refractivity contribution >= 4 is 23.1 Å². The fourth-order valence-electron chi connectivity index (χ4n) is 5.67. The van der Waals surface area contributed by atoms with Gasteiger partial charge >= 0.3 is 0 Å². The molecule has 0 saturated carbocycles. The standard InChI is InChI=1S/C42H42N8O4/c1-27(43-47-41-33(23-31-11-7-9-13-39(31)53-5)25-37(45-49-41)29-15-19-35(51-3)20-16-29)28(2)44-48-42-34(24-32-12-8-10-14-40(32)54-6)26-38(46-50-42)30-17-21-36(52-4)22-18-30/h7-22,25-26H,23-24H2,1-6H3,(H,47,49)(H,48,50)/b43-27-,44-28-. The van der Waals surface area contributed by atoms with Gasteiger partial charge in [-0.15, -0.1) is 20.4 Å². The van der Waals surface area contributed by atoms with Gasteiger partial charge in [-0.2, -0.15) is 10.2 Å². The van der Waals surface area contributed by atoms with Crippen molar-refractivity contribution in [1.82, 2.24) is 20.4 Å². The Hall–Kier alpha value is -6.82. The highest BCUT2D eigenvalue weighted by atomic mass is 16.5. The molecule has 2 aromatic heterocycles. The predicted octanol–water partition coefficient (Wildman–Crippen LogP) is 8.09. The second-order valence-corrected chi connectivity index (χ2v) is 12.3. The fraction of sp³-hybridized carbons (Fsp3) is 0.190. The van der Waals surface area contributed by atoms with Gasteiger partial charge in [0.25, 0.3) is 0 Å². The highest BCUT2D eigenvalue weighted by molar-refractivity contribution is 6.40. The number of hydrogen-bond acceptors (Lipinski definition) is 12. The average molecular weight is 723 g/mol. The first kappa shape index (κ1) is 37.0. The van der Waals surface area contributed by atoms with Crippen LogP contribution in [0.5, 0.6) is 23.0 Å². The van der Waals surface area contributed by atoms with Gasteiger partial charge in [-0.05, 0) is 97.8 Å². The van der Waals surface area contributed by atoms with Crippen molar-refractivity contribution in [3.8, 4) is 45.5 Å². The quantitative estimate of drug-likeness (QED) is 0.0790. The van der Waals surface area contributed by atoms with Crippen LogP contribution in [0.4, 0.5) is 11.6 Å². The van der Waals surface area contributed by atoms with E-state index in [-0.39, 0.29) is 0 Å². The highest BCUT2D eigenvalue weighted by Gasteiger charge is 2.15. The predicted molar refractivity (Wildman–Crippen MR) is 213 cm³/mol. The zero-order valence-electron chi connectivity index (χ0n) is 31.1. The van der Waals surface area contributed by atoms with E-state index in [1.807, 2.05) is 123 Å². The summed E-state index contributed by atoms with van der Waals surface area (Å²) in [6.07, 6.45) is 1.07. The molecule has 0 saturated heterocycles. The molecule has 2 N–H and O–H groups in total. The van der Waals surface area contributed by atoms with Crippen molar-refractivity contribution in [2.45, 2.75) is 26.7 Å². The van der Waals surface area contributed by atoms with E-state index in [1.54, 1.807) is 28.4 Å². The van der Waals surface area contributed by atoms with E-state index in [0.717, 1.165) is 67.8 Å². The van der Waals surface area contributed by atoms with Crippen molar-refractivity contribution in [2.24, 2.45) is 10.2 Å². The number of hydrazone groups is 2. The number of aromatic nitrogens is 4. The Labute approximate surface area is 314 Å². The van der Waals surface area contributed by atoms with Crippen LogP contribution in [0.15, 0.2) is 119 Å². The summed E-state index contributed by atoms with van der Waals surface area (Å²) in [6.45, 7) is 3.72. The van der Waals surface area contributed by atoms with Gasteiger partial charge in [-0.3, -0.25) is 10.9 Å². The molecule has 54 heavy (non-hydrogen) atoms. The van der Waals surface area contributed by atoms with E-state index in [0.29, 0.717) is 35.9 Å². The maximum atomic E-state index is 5.64. The zero-order chi connectivity index (χ0) is 37.9. The summed E-state index contributed by atoms with van der Waals surface area (Å²) in [4.78, 5) is 0. The van der Waals surface area contributed by atoms with E-state index in [9.17, 15) is 0 Å². The Balaban J connectivity index is 1.26. The summed E-state index contributed by atoms with van der Waals surface area (Å²) in [5, 5.41) is 27.4. The number of rotatable bonds is 15. The summed E-state index contributed by atoms with van der Waals surface area (Å²) in [5.74, 6) is 4.12. The smallest absolute Gasteiger partial charge is 0.172 e. The van der Waals surface area contributed by atoms with Crippen LogP contribution in [0, 0.1) is 0 Å². The summed E-state index contributed by atoms with van der Waals surface area (Å²) in [6, 6.07) is 35.2. The van der Waals surface area contributed by atoms with Crippen molar-refractivity contribution < 1.29 is 18.9 Å². The van der Waals surface area contributed by atoms with Crippen LogP contribution in [0.1, 0.15) is 36.1 Å². The Morgan fingerprint density at radius 3 is 1.24 bits per heavy atom. The molecule has 2 heterocycles. The molecule has 0 atom stereocenters. The molecule has 6 rings (SSSR count). The molecular weight excluding hydrogens is 681 g/mol. The van der Waals surface area contributed by atoms with Crippen LogP contribution in [-0.2, 0) is 12.8 Å². The van der Waals surface area contributed by atoms with Gasteiger partial charge in [-0.25, -0.2) is 0 Å². The lowest BCUT2D eigenvalue weighted by molar-refractivity contribution is 0.410. The minimum absolute atomic E-state index is 0.511. The van der Waals surface area contributed by atoms with Gasteiger partial charge in [0.2, 0.25) is 0 Å². The van der Waals surface area contributed by atoms with Crippen LogP contribution in [-0.4, -0.2) is 60.3 Å². The van der Waals surface area contributed by atoms with Gasteiger partial charge in [-0.1, -0.05) is 36.4 Å². The normalized spacial score (nSPS) is 11.5. The first-order chi connectivity index (χ1) is 26.4. The van der Waals surface area contributed by atoms with Crippen molar-refractivity contribution in [2.75, 3.05) is 39.3 Å². The minimum Gasteiger partial charge on any atom is -0.497 e. The molecule has 12 heteroatoms. The van der Waals surface area contributed by atoms with Gasteiger partial charge in [0.05, 0.1) is 51.3 Å². The van der Waals surface area contributed by atoms with E-state index in [1.165, 1.54) is 0 Å². The lowest BCUT2D eigenvalue weighted by atomic mass is 10.0.